The van der Waals surface area contributed by atoms with Gasteiger partial charge in [-0.3, -0.25) is 0 Å². The van der Waals surface area contributed by atoms with Gasteiger partial charge in [0, 0.05) is 23.2 Å². The van der Waals surface area contributed by atoms with Crippen LogP contribution in [0.5, 0.6) is 5.75 Å². The van der Waals surface area contributed by atoms with E-state index in [9.17, 15) is 8.78 Å². The highest BCUT2D eigenvalue weighted by Gasteiger charge is 2.12. The molecule has 5 heteroatoms. The Morgan fingerprint density at radius 2 is 2.06 bits per heavy atom. The van der Waals surface area contributed by atoms with Crippen molar-refractivity contribution < 1.29 is 13.5 Å². The van der Waals surface area contributed by atoms with Crippen LogP contribution in [0.3, 0.4) is 0 Å². The predicted molar refractivity (Wildman–Crippen MR) is 60.1 cm³/mol. The van der Waals surface area contributed by atoms with Crippen LogP contribution in [0.25, 0.3) is 0 Å². The topological polar surface area (TPSA) is 21.3 Å². The van der Waals surface area contributed by atoms with Crippen molar-refractivity contribution in [1.29, 1.82) is 0 Å². The van der Waals surface area contributed by atoms with E-state index in [0.29, 0.717) is 17.1 Å². The highest BCUT2D eigenvalue weighted by molar-refractivity contribution is 6.31. The first-order valence-corrected chi connectivity index (χ1v) is 5.34. The molecule has 0 fully saturated rings. The van der Waals surface area contributed by atoms with Crippen molar-refractivity contribution >= 4 is 11.6 Å². The van der Waals surface area contributed by atoms with Crippen molar-refractivity contribution in [2.24, 2.45) is 0 Å². The molecule has 90 valence electrons. The minimum atomic E-state index is -2.84. The van der Waals surface area contributed by atoms with E-state index >= 15 is 0 Å². The second-order valence-corrected chi connectivity index (χ2v) is 4.04. The van der Waals surface area contributed by atoms with E-state index in [4.69, 9.17) is 11.6 Å². The van der Waals surface area contributed by atoms with E-state index in [-0.39, 0.29) is 11.8 Å². The fraction of sp³-hybridized carbons (Fsp3) is 0.455. The van der Waals surface area contributed by atoms with Gasteiger partial charge in [-0.15, -0.1) is 0 Å². The van der Waals surface area contributed by atoms with Gasteiger partial charge in [-0.1, -0.05) is 31.5 Å². The van der Waals surface area contributed by atoms with Gasteiger partial charge in [-0.05, 0) is 12.1 Å². The Morgan fingerprint density at radius 3 is 2.62 bits per heavy atom. The maximum absolute atomic E-state index is 12.1. The lowest BCUT2D eigenvalue weighted by atomic mass is 10.2. The lowest BCUT2D eigenvalue weighted by molar-refractivity contribution is -0.0504. The Bertz CT molecular complexity index is 345. The van der Waals surface area contributed by atoms with Crippen LogP contribution in [0.4, 0.5) is 8.78 Å². The van der Waals surface area contributed by atoms with E-state index in [0.717, 1.165) is 0 Å². The number of alkyl halides is 2. The van der Waals surface area contributed by atoms with Crippen LogP contribution in [-0.4, -0.2) is 12.7 Å². The van der Waals surface area contributed by atoms with E-state index in [1.165, 1.54) is 6.07 Å². The molecule has 0 saturated heterocycles. The normalized spacial score (nSPS) is 11.2. The number of hydrogen-bond donors (Lipinski definition) is 1. The van der Waals surface area contributed by atoms with E-state index in [1.807, 2.05) is 13.8 Å². The second kappa shape index (κ2) is 6.01. The van der Waals surface area contributed by atoms with Gasteiger partial charge in [0.25, 0.3) is 0 Å². The van der Waals surface area contributed by atoms with Gasteiger partial charge in [-0.2, -0.15) is 8.78 Å². The van der Waals surface area contributed by atoms with Gasteiger partial charge in [0.15, 0.2) is 0 Å². The smallest absolute Gasteiger partial charge is 0.387 e. The van der Waals surface area contributed by atoms with Gasteiger partial charge < -0.3 is 10.1 Å². The maximum atomic E-state index is 12.1. The molecule has 0 aliphatic carbocycles. The van der Waals surface area contributed by atoms with E-state index in [1.54, 1.807) is 12.1 Å². The molecule has 0 heterocycles. The molecule has 1 N–H and O–H groups in total. The molecule has 16 heavy (non-hydrogen) atoms. The summed E-state index contributed by atoms with van der Waals surface area (Å²) in [6.45, 7) is 1.49. The molecule has 2 nitrogen and oxygen atoms in total. The first kappa shape index (κ1) is 13.2. The predicted octanol–water partition coefficient (Wildman–Crippen LogP) is 3.44. The summed E-state index contributed by atoms with van der Waals surface area (Å²) < 4.78 is 28.7. The third kappa shape index (κ3) is 3.94. The van der Waals surface area contributed by atoms with Gasteiger partial charge in [0.2, 0.25) is 0 Å². The molecule has 0 saturated carbocycles. The molecule has 0 bridgehead atoms. The van der Waals surface area contributed by atoms with Crippen molar-refractivity contribution in [2.75, 3.05) is 0 Å². The largest absolute Gasteiger partial charge is 0.434 e. The number of ether oxygens (including phenoxy) is 1. The van der Waals surface area contributed by atoms with Crippen molar-refractivity contribution in [2.45, 2.75) is 33.0 Å². The average Bonchev–Trinajstić information content (AvgIpc) is 2.15. The number of halogens is 3. The standard InChI is InChI=1S/C11H14ClF2NO/c1-7(2)15-6-8-9(12)4-3-5-10(8)16-11(13)14/h3-5,7,11,15H,6H2,1-2H3. The van der Waals surface area contributed by atoms with Crippen molar-refractivity contribution in [3.63, 3.8) is 0 Å². The molecule has 0 aliphatic heterocycles. The molecule has 1 rings (SSSR count). The van der Waals surface area contributed by atoms with Crippen LogP contribution in [0.15, 0.2) is 18.2 Å². The second-order valence-electron chi connectivity index (χ2n) is 3.63. The first-order chi connectivity index (χ1) is 7.50. The van der Waals surface area contributed by atoms with Crippen LogP contribution in [0, 0.1) is 0 Å². The molecule has 0 aliphatic rings. The number of nitrogens with one attached hydrogen (secondary N) is 1. The molecule has 1 aromatic carbocycles. The minimum absolute atomic E-state index is 0.121. The molecule has 0 atom stereocenters. The quantitative estimate of drug-likeness (QED) is 0.863. The molecule has 0 unspecified atom stereocenters. The van der Waals surface area contributed by atoms with Crippen LogP contribution in [0.1, 0.15) is 19.4 Å². The summed E-state index contributed by atoms with van der Waals surface area (Å²) in [5.41, 5.74) is 0.554. The van der Waals surface area contributed by atoms with Gasteiger partial charge in [0.05, 0.1) is 0 Å². The van der Waals surface area contributed by atoms with Crippen LogP contribution in [-0.2, 0) is 6.54 Å². The van der Waals surface area contributed by atoms with Crippen molar-refractivity contribution in [3.05, 3.63) is 28.8 Å². The summed E-state index contributed by atoms with van der Waals surface area (Å²) in [5.74, 6) is 0.121. The molecule has 1 aromatic rings. The summed E-state index contributed by atoms with van der Waals surface area (Å²) >= 11 is 5.93. The zero-order valence-electron chi connectivity index (χ0n) is 9.14. The highest BCUT2D eigenvalue weighted by Crippen LogP contribution is 2.27. The summed E-state index contributed by atoms with van der Waals surface area (Å²) in [4.78, 5) is 0. The third-order valence-corrected chi connectivity index (χ3v) is 2.33. The van der Waals surface area contributed by atoms with Gasteiger partial charge in [-0.25, -0.2) is 0 Å². The van der Waals surface area contributed by atoms with Gasteiger partial charge >= 0.3 is 6.61 Å². The molecular weight excluding hydrogens is 236 g/mol. The summed E-state index contributed by atoms with van der Waals surface area (Å²) in [5, 5.41) is 3.53. The fourth-order valence-electron chi connectivity index (χ4n) is 1.22. The van der Waals surface area contributed by atoms with Gasteiger partial charge in [0.1, 0.15) is 5.75 Å². The van der Waals surface area contributed by atoms with Crippen molar-refractivity contribution in [1.82, 2.24) is 5.32 Å². The average molecular weight is 250 g/mol. The molecule has 0 radical (unpaired) electrons. The van der Waals surface area contributed by atoms with Crippen LogP contribution in [0.2, 0.25) is 5.02 Å². The third-order valence-electron chi connectivity index (χ3n) is 1.98. The monoisotopic (exact) mass is 249 g/mol. The summed E-state index contributed by atoms with van der Waals surface area (Å²) in [6, 6.07) is 4.96. The molecule has 0 aromatic heterocycles. The Morgan fingerprint density at radius 1 is 1.38 bits per heavy atom. The first-order valence-electron chi connectivity index (χ1n) is 4.96. The Labute approximate surface area is 98.6 Å². The Balaban J connectivity index is 2.85. The molecule has 0 spiro atoms. The SMILES string of the molecule is CC(C)NCc1c(Cl)cccc1OC(F)F. The fourth-order valence-corrected chi connectivity index (χ4v) is 1.46. The number of hydrogen-bond acceptors (Lipinski definition) is 2. The zero-order chi connectivity index (χ0) is 12.1. The molecular formula is C11H14ClF2NO. The van der Waals surface area contributed by atoms with Crippen molar-refractivity contribution in [3.8, 4) is 5.75 Å². The van der Waals surface area contributed by atoms with Crippen LogP contribution >= 0.6 is 11.6 Å². The Hall–Kier alpha value is -0.870. The van der Waals surface area contributed by atoms with E-state index in [2.05, 4.69) is 10.1 Å². The maximum Gasteiger partial charge on any atom is 0.387 e. The minimum Gasteiger partial charge on any atom is -0.434 e. The zero-order valence-corrected chi connectivity index (χ0v) is 9.89. The summed E-state index contributed by atoms with van der Waals surface area (Å²) in [7, 11) is 0. The highest BCUT2D eigenvalue weighted by atomic mass is 35.5. The lowest BCUT2D eigenvalue weighted by Crippen LogP contribution is -2.22. The van der Waals surface area contributed by atoms with E-state index < -0.39 is 6.61 Å². The number of rotatable bonds is 5. The lowest BCUT2D eigenvalue weighted by Gasteiger charge is -2.14. The molecule has 0 amide bonds. The Kier molecular flexibility index (Phi) is 4.96. The van der Waals surface area contributed by atoms with Crippen LogP contribution < -0.4 is 10.1 Å². The summed E-state index contributed by atoms with van der Waals surface area (Å²) in [6.07, 6.45) is 0. The number of benzene rings is 1.